The van der Waals surface area contributed by atoms with E-state index < -0.39 is 0 Å². The molecule has 5 aromatic carbocycles. The number of para-hydroxylation sites is 4. The lowest BCUT2D eigenvalue weighted by Gasteiger charge is -2.27. The fourth-order valence-electron chi connectivity index (χ4n) is 4.24. The van der Waals surface area contributed by atoms with Crippen molar-refractivity contribution in [2.24, 2.45) is 0 Å². The van der Waals surface area contributed by atoms with Crippen molar-refractivity contribution < 1.29 is 0 Å². The van der Waals surface area contributed by atoms with Crippen LogP contribution in [0.1, 0.15) is 0 Å². The second kappa shape index (κ2) is 11.6. The minimum Gasteiger partial charge on any atom is -0.279 e. The lowest BCUT2D eigenvalue weighted by molar-refractivity contribution is 0.879. The van der Waals surface area contributed by atoms with Crippen LogP contribution in [-0.2, 0) is 0 Å². The Kier molecular flexibility index (Phi) is 7.27. The van der Waals surface area contributed by atoms with Gasteiger partial charge in [-0.3, -0.25) is 9.80 Å². The molecule has 188 valence electrons. The Bertz CT molecular complexity index is 1440. The fourth-order valence-corrected chi connectivity index (χ4v) is 5.00. The maximum absolute atomic E-state index is 5.10. The summed E-state index contributed by atoms with van der Waals surface area (Å²) in [6.45, 7) is 0. The van der Waals surface area contributed by atoms with E-state index in [-0.39, 0.29) is 0 Å². The molecule has 6 rings (SSSR count). The van der Waals surface area contributed by atoms with Gasteiger partial charge in [0.15, 0.2) is 5.16 Å². The van der Waals surface area contributed by atoms with E-state index in [0.717, 1.165) is 27.6 Å². The van der Waals surface area contributed by atoms with Crippen LogP contribution in [-0.4, -0.2) is 15.0 Å². The number of benzene rings is 5. The molecule has 0 bridgehead atoms. The average Bonchev–Trinajstić information content (AvgIpc) is 3.00. The lowest BCUT2D eigenvalue weighted by atomic mass is 10.2. The van der Waals surface area contributed by atoms with Crippen LogP contribution in [0.4, 0.5) is 34.6 Å². The van der Waals surface area contributed by atoms with Gasteiger partial charge in [-0.25, -0.2) is 0 Å². The monoisotopic (exact) mass is 523 g/mol. The first-order valence-corrected chi connectivity index (χ1v) is 13.5. The first kappa shape index (κ1) is 24.4. The SMILES string of the molecule is c1ccc(Sc2nc(N(c3ccccc3)c3ccccc3)nc(N(c3ccccc3)c3ccccc3)n2)cc1. The van der Waals surface area contributed by atoms with Crippen LogP contribution in [0, 0.1) is 0 Å². The highest BCUT2D eigenvalue weighted by Crippen LogP contribution is 2.38. The zero-order valence-corrected chi connectivity index (χ0v) is 21.9. The highest BCUT2D eigenvalue weighted by molar-refractivity contribution is 7.99. The molecular formula is C33H25N5S. The van der Waals surface area contributed by atoms with Crippen molar-refractivity contribution in [1.82, 2.24) is 15.0 Å². The van der Waals surface area contributed by atoms with E-state index in [1.807, 2.05) is 91.0 Å². The second-order valence-electron chi connectivity index (χ2n) is 8.65. The number of aromatic nitrogens is 3. The second-order valence-corrected chi connectivity index (χ2v) is 9.69. The topological polar surface area (TPSA) is 45.2 Å². The van der Waals surface area contributed by atoms with E-state index in [1.165, 1.54) is 11.8 Å². The van der Waals surface area contributed by atoms with E-state index in [9.17, 15) is 0 Å². The van der Waals surface area contributed by atoms with Crippen LogP contribution in [0.25, 0.3) is 0 Å². The molecule has 0 fully saturated rings. The molecule has 0 radical (unpaired) electrons. The average molecular weight is 524 g/mol. The van der Waals surface area contributed by atoms with E-state index >= 15 is 0 Å². The zero-order valence-electron chi connectivity index (χ0n) is 21.1. The molecule has 1 heterocycles. The Labute approximate surface area is 232 Å². The first-order valence-electron chi connectivity index (χ1n) is 12.6. The Hall–Kier alpha value is -4.94. The molecule has 5 nitrogen and oxygen atoms in total. The third-order valence-corrected chi connectivity index (χ3v) is 6.87. The van der Waals surface area contributed by atoms with Gasteiger partial charge in [0.2, 0.25) is 11.9 Å². The molecular weight excluding hydrogens is 498 g/mol. The standard InChI is InChI=1S/C33H25N5S/c1-6-16-26(17-7-1)37(27-18-8-2-9-19-27)31-34-32(36-33(35-31)39-30-24-14-5-15-25-30)38(28-20-10-3-11-21-28)29-22-12-4-13-23-29/h1-25H. The Morgan fingerprint density at radius 1 is 0.359 bits per heavy atom. The molecule has 6 aromatic rings. The summed E-state index contributed by atoms with van der Waals surface area (Å²) in [7, 11) is 0. The number of anilines is 6. The maximum atomic E-state index is 5.10. The van der Waals surface area contributed by atoms with Gasteiger partial charge in [0.05, 0.1) is 0 Å². The van der Waals surface area contributed by atoms with Crippen molar-refractivity contribution in [1.29, 1.82) is 0 Å². The lowest BCUT2D eigenvalue weighted by Crippen LogP contribution is -2.19. The zero-order chi connectivity index (χ0) is 26.3. The molecule has 0 N–H and O–H groups in total. The van der Waals surface area contributed by atoms with E-state index in [4.69, 9.17) is 15.0 Å². The molecule has 0 aliphatic rings. The molecule has 1 aromatic heterocycles. The van der Waals surface area contributed by atoms with Crippen LogP contribution >= 0.6 is 11.8 Å². The smallest absolute Gasteiger partial charge is 0.240 e. The quantitative estimate of drug-likeness (QED) is 0.198. The summed E-state index contributed by atoms with van der Waals surface area (Å²) >= 11 is 1.52. The van der Waals surface area contributed by atoms with Crippen molar-refractivity contribution in [3.05, 3.63) is 152 Å². The highest BCUT2D eigenvalue weighted by Gasteiger charge is 2.22. The van der Waals surface area contributed by atoms with Gasteiger partial charge < -0.3 is 0 Å². The third-order valence-electron chi connectivity index (χ3n) is 6.00. The van der Waals surface area contributed by atoms with Gasteiger partial charge in [-0.05, 0) is 72.4 Å². The van der Waals surface area contributed by atoms with E-state index in [1.54, 1.807) is 0 Å². The summed E-state index contributed by atoms with van der Waals surface area (Å²) in [4.78, 5) is 20.3. The molecule has 6 heteroatoms. The normalized spacial score (nSPS) is 10.7. The predicted octanol–water partition coefficient (Wildman–Crippen LogP) is 8.96. The van der Waals surface area contributed by atoms with Crippen LogP contribution < -0.4 is 9.80 Å². The fraction of sp³-hybridized carbons (Fsp3) is 0. The molecule has 0 saturated heterocycles. The molecule has 0 unspecified atom stereocenters. The summed E-state index contributed by atoms with van der Waals surface area (Å²) < 4.78 is 0. The first-order chi connectivity index (χ1) is 19.3. The summed E-state index contributed by atoms with van der Waals surface area (Å²) in [6, 6.07) is 50.9. The van der Waals surface area contributed by atoms with Gasteiger partial charge in [0, 0.05) is 27.6 Å². The Morgan fingerprint density at radius 2 is 0.667 bits per heavy atom. The minimum absolute atomic E-state index is 0.535. The van der Waals surface area contributed by atoms with Gasteiger partial charge in [-0.1, -0.05) is 91.0 Å². The summed E-state index contributed by atoms with van der Waals surface area (Å²) in [6.07, 6.45) is 0. The van der Waals surface area contributed by atoms with Crippen LogP contribution in [0.3, 0.4) is 0 Å². The molecule has 0 aliphatic heterocycles. The van der Waals surface area contributed by atoms with Crippen molar-refractivity contribution >= 4 is 46.4 Å². The van der Waals surface area contributed by atoms with Crippen molar-refractivity contribution in [2.45, 2.75) is 10.1 Å². The van der Waals surface area contributed by atoms with Gasteiger partial charge in [-0.2, -0.15) is 15.0 Å². The Morgan fingerprint density at radius 3 is 1.00 bits per heavy atom. The van der Waals surface area contributed by atoms with Crippen molar-refractivity contribution in [3.8, 4) is 0 Å². The highest BCUT2D eigenvalue weighted by atomic mass is 32.2. The molecule has 0 spiro atoms. The number of hydrogen-bond acceptors (Lipinski definition) is 6. The van der Waals surface area contributed by atoms with Gasteiger partial charge in [0.1, 0.15) is 0 Å². The predicted molar refractivity (Wildman–Crippen MR) is 160 cm³/mol. The molecule has 0 atom stereocenters. The number of hydrogen-bond donors (Lipinski definition) is 0. The van der Waals surface area contributed by atoms with Crippen molar-refractivity contribution in [3.63, 3.8) is 0 Å². The molecule has 39 heavy (non-hydrogen) atoms. The van der Waals surface area contributed by atoms with Crippen LogP contribution in [0.2, 0.25) is 0 Å². The third kappa shape index (κ3) is 5.66. The van der Waals surface area contributed by atoms with Crippen LogP contribution in [0.15, 0.2) is 162 Å². The Balaban J connectivity index is 1.57. The largest absolute Gasteiger partial charge is 0.279 e. The van der Waals surface area contributed by atoms with Crippen molar-refractivity contribution in [2.75, 3.05) is 9.80 Å². The molecule has 0 saturated carbocycles. The summed E-state index contributed by atoms with van der Waals surface area (Å²) in [5.74, 6) is 1.07. The number of nitrogens with zero attached hydrogens (tertiary/aromatic N) is 5. The van der Waals surface area contributed by atoms with E-state index in [0.29, 0.717) is 17.1 Å². The van der Waals surface area contributed by atoms with Gasteiger partial charge in [-0.15, -0.1) is 0 Å². The molecule has 0 amide bonds. The van der Waals surface area contributed by atoms with E-state index in [2.05, 4.69) is 70.5 Å². The molecule has 0 aliphatic carbocycles. The van der Waals surface area contributed by atoms with Crippen LogP contribution in [0.5, 0.6) is 0 Å². The summed E-state index contributed by atoms with van der Waals surface area (Å²) in [5.41, 5.74) is 3.84. The summed E-state index contributed by atoms with van der Waals surface area (Å²) in [5, 5.41) is 0.606. The maximum Gasteiger partial charge on any atom is 0.240 e. The van der Waals surface area contributed by atoms with Gasteiger partial charge >= 0.3 is 0 Å². The number of rotatable bonds is 8. The minimum atomic E-state index is 0.535. The van der Waals surface area contributed by atoms with Gasteiger partial charge in [0.25, 0.3) is 0 Å².